The zero-order valence-electron chi connectivity index (χ0n) is 14.5. The molecule has 0 bridgehead atoms. The molecule has 0 aliphatic rings. The number of carbonyl (C=O) groups excluding carboxylic acids is 1. The number of benzene rings is 2. The van der Waals surface area contributed by atoms with Crippen LogP contribution in [0.25, 0.3) is 22.4 Å². The van der Waals surface area contributed by atoms with Gasteiger partial charge in [0.25, 0.3) is 5.91 Å². The van der Waals surface area contributed by atoms with Crippen LogP contribution in [-0.4, -0.2) is 22.5 Å². The van der Waals surface area contributed by atoms with Crippen molar-refractivity contribution in [3.8, 4) is 11.5 Å². The highest BCUT2D eigenvalue weighted by Gasteiger charge is 2.16. The number of hydrogen-bond donors (Lipinski definition) is 2. The summed E-state index contributed by atoms with van der Waals surface area (Å²) in [7, 11) is 0. The molecule has 0 saturated carbocycles. The van der Waals surface area contributed by atoms with Crippen molar-refractivity contribution >= 4 is 16.8 Å². The smallest absolute Gasteiger partial charge is 0.252 e. The highest BCUT2D eigenvalue weighted by Crippen LogP contribution is 2.25. The molecule has 1 amide bonds. The van der Waals surface area contributed by atoms with Crippen LogP contribution in [0.3, 0.4) is 0 Å². The van der Waals surface area contributed by atoms with Crippen LogP contribution in [-0.2, 0) is 0 Å². The van der Waals surface area contributed by atoms with Crippen molar-refractivity contribution in [1.82, 2.24) is 10.3 Å². The van der Waals surface area contributed by atoms with Crippen molar-refractivity contribution in [2.75, 3.05) is 6.54 Å². The molecule has 0 saturated heterocycles. The molecule has 5 heteroatoms. The fraction of sp³-hybridized carbons (Fsp3) is 0.0909. The standard InChI is InChI=1S/C22H18N2O3/c25-20(15-7-2-1-3-8-15)14-23-22(26)17-13-19(21-11-6-12-27-21)24-18-10-5-4-9-16(17)18/h1-13,20,25H,14H2,(H,23,26)/t20-/m0/s1. The SMILES string of the molecule is O=C(NC[C@H](O)c1ccccc1)c1cc(-c2ccco2)nc2ccccc12. The molecule has 27 heavy (non-hydrogen) atoms. The Morgan fingerprint density at radius 2 is 1.81 bits per heavy atom. The lowest BCUT2D eigenvalue weighted by Crippen LogP contribution is -2.28. The van der Waals surface area contributed by atoms with Gasteiger partial charge in [0.05, 0.1) is 23.4 Å². The quantitative estimate of drug-likeness (QED) is 0.566. The lowest BCUT2D eigenvalue weighted by Gasteiger charge is -2.13. The number of nitrogens with zero attached hydrogens (tertiary/aromatic N) is 1. The number of hydrogen-bond acceptors (Lipinski definition) is 4. The monoisotopic (exact) mass is 358 g/mol. The van der Waals surface area contributed by atoms with Crippen LogP contribution in [0.2, 0.25) is 0 Å². The summed E-state index contributed by atoms with van der Waals surface area (Å²) in [5.41, 5.74) is 2.55. The van der Waals surface area contributed by atoms with Crippen LogP contribution >= 0.6 is 0 Å². The van der Waals surface area contributed by atoms with Crippen LogP contribution in [0.4, 0.5) is 0 Å². The Bertz CT molecular complexity index is 1060. The fourth-order valence-electron chi connectivity index (χ4n) is 2.99. The minimum Gasteiger partial charge on any atom is -0.463 e. The van der Waals surface area contributed by atoms with Gasteiger partial charge in [0.15, 0.2) is 5.76 Å². The topological polar surface area (TPSA) is 75.4 Å². The minimum absolute atomic E-state index is 0.121. The van der Waals surface area contributed by atoms with Gasteiger partial charge in [-0.1, -0.05) is 48.5 Å². The van der Waals surface area contributed by atoms with E-state index in [1.165, 1.54) is 0 Å². The number of furan rings is 1. The van der Waals surface area contributed by atoms with Crippen LogP contribution < -0.4 is 5.32 Å². The maximum absolute atomic E-state index is 12.8. The summed E-state index contributed by atoms with van der Waals surface area (Å²) < 4.78 is 5.43. The average molecular weight is 358 g/mol. The Morgan fingerprint density at radius 3 is 2.59 bits per heavy atom. The van der Waals surface area contributed by atoms with E-state index in [-0.39, 0.29) is 12.5 Å². The number of aliphatic hydroxyl groups is 1. The predicted octanol–water partition coefficient (Wildman–Crippen LogP) is 3.96. The van der Waals surface area contributed by atoms with Crippen molar-refractivity contribution < 1.29 is 14.3 Å². The number of nitrogens with one attached hydrogen (secondary N) is 1. The second kappa shape index (κ2) is 7.43. The molecule has 0 aliphatic heterocycles. The summed E-state index contributed by atoms with van der Waals surface area (Å²) in [6.45, 7) is 0.121. The van der Waals surface area contributed by atoms with E-state index >= 15 is 0 Å². The maximum Gasteiger partial charge on any atom is 0.252 e. The van der Waals surface area contributed by atoms with Crippen molar-refractivity contribution in [1.29, 1.82) is 0 Å². The second-order valence-electron chi connectivity index (χ2n) is 6.19. The van der Waals surface area contributed by atoms with Crippen LogP contribution in [0.15, 0.2) is 83.5 Å². The number of rotatable bonds is 5. The van der Waals surface area contributed by atoms with Crippen LogP contribution in [0.5, 0.6) is 0 Å². The molecule has 2 aromatic heterocycles. The third-order valence-corrected chi connectivity index (χ3v) is 4.37. The normalized spacial score (nSPS) is 12.0. The van der Waals surface area contributed by atoms with Gasteiger partial charge < -0.3 is 14.8 Å². The average Bonchev–Trinajstić information content (AvgIpc) is 3.26. The minimum atomic E-state index is -0.771. The zero-order chi connectivity index (χ0) is 18.6. The molecule has 5 nitrogen and oxygen atoms in total. The number of fused-ring (bicyclic) bond motifs is 1. The molecular weight excluding hydrogens is 340 g/mol. The molecule has 134 valence electrons. The summed E-state index contributed by atoms with van der Waals surface area (Å²) in [6, 6.07) is 22.0. The molecule has 0 aliphatic carbocycles. The van der Waals surface area contributed by atoms with Gasteiger partial charge in [-0.05, 0) is 29.8 Å². The van der Waals surface area contributed by atoms with E-state index in [0.29, 0.717) is 22.5 Å². The van der Waals surface area contributed by atoms with Gasteiger partial charge in [0.1, 0.15) is 5.69 Å². The van der Waals surface area contributed by atoms with Gasteiger partial charge in [-0.2, -0.15) is 0 Å². The van der Waals surface area contributed by atoms with E-state index in [1.807, 2.05) is 54.6 Å². The third kappa shape index (κ3) is 3.59. The van der Waals surface area contributed by atoms with Gasteiger partial charge in [-0.3, -0.25) is 4.79 Å². The molecule has 2 heterocycles. The molecule has 0 radical (unpaired) electrons. The summed E-state index contributed by atoms with van der Waals surface area (Å²) >= 11 is 0. The Kier molecular flexibility index (Phi) is 4.68. The Hall–Kier alpha value is -3.44. The number of aromatic nitrogens is 1. The van der Waals surface area contributed by atoms with Gasteiger partial charge in [0.2, 0.25) is 0 Å². The van der Waals surface area contributed by atoms with E-state index in [4.69, 9.17) is 4.42 Å². The first kappa shape index (κ1) is 17.0. The van der Waals surface area contributed by atoms with E-state index in [1.54, 1.807) is 24.5 Å². The highest BCUT2D eigenvalue weighted by atomic mass is 16.3. The molecule has 4 aromatic rings. The molecule has 0 unspecified atom stereocenters. The second-order valence-corrected chi connectivity index (χ2v) is 6.19. The molecule has 0 spiro atoms. The number of aliphatic hydroxyl groups excluding tert-OH is 1. The first-order chi connectivity index (χ1) is 13.2. The van der Waals surface area contributed by atoms with E-state index in [2.05, 4.69) is 10.3 Å². The van der Waals surface area contributed by atoms with Crippen LogP contribution in [0, 0.1) is 0 Å². The summed E-state index contributed by atoms with van der Waals surface area (Å²) in [4.78, 5) is 17.4. The van der Waals surface area contributed by atoms with Crippen molar-refractivity contribution in [3.05, 3.63) is 90.2 Å². The number of para-hydroxylation sites is 1. The van der Waals surface area contributed by atoms with Crippen molar-refractivity contribution in [2.24, 2.45) is 0 Å². The molecule has 1 atom stereocenters. The number of carbonyl (C=O) groups is 1. The van der Waals surface area contributed by atoms with Gasteiger partial charge in [-0.25, -0.2) is 4.98 Å². The third-order valence-electron chi connectivity index (χ3n) is 4.37. The van der Waals surface area contributed by atoms with E-state index in [9.17, 15) is 9.90 Å². The first-order valence-electron chi connectivity index (χ1n) is 8.67. The number of pyridine rings is 1. The lowest BCUT2D eigenvalue weighted by atomic mass is 10.1. The lowest BCUT2D eigenvalue weighted by molar-refractivity contribution is 0.0918. The first-order valence-corrected chi connectivity index (χ1v) is 8.67. The molecule has 0 fully saturated rings. The van der Waals surface area contributed by atoms with Crippen LogP contribution in [0.1, 0.15) is 22.0 Å². The van der Waals surface area contributed by atoms with Gasteiger partial charge in [0, 0.05) is 11.9 Å². The van der Waals surface area contributed by atoms with E-state index < -0.39 is 6.10 Å². The molecular formula is C22H18N2O3. The summed E-state index contributed by atoms with van der Waals surface area (Å²) in [5, 5.41) is 13.9. The largest absolute Gasteiger partial charge is 0.463 e. The van der Waals surface area contributed by atoms with Crippen molar-refractivity contribution in [2.45, 2.75) is 6.10 Å². The summed E-state index contributed by atoms with van der Waals surface area (Å²) in [5.74, 6) is 0.329. The van der Waals surface area contributed by atoms with Crippen molar-refractivity contribution in [3.63, 3.8) is 0 Å². The van der Waals surface area contributed by atoms with Gasteiger partial charge >= 0.3 is 0 Å². The summed E-state index contributed by atoms with van der Waals surface area (Å²) in [6.07, 6.45) is 0.801. The number of amides is 1. The molecule has 4 rings (SSSR count). The van der Waals surface area contributed by atoms with E-state index in [0.717, 1.165) is 10.9 Å². The molecule has 2 aromatic carbocycles. The maximum atomic E-state index is 12.8. The zero-order valence-corrected chi connectivity index (χ0v) is 14.5. The Labute approximate surface area is 156 Å². The highest BCUT2D eigenvalue weighted by molar-refractivity contribution is 6.07. The molecule has 2 N–H and O–H groups in total. The fourth-order valence-corrected chi connectivity index (χ4v) is 2.99. The predicted molar refractivity (Wildman–Crippen MR) is 103 cm³/mol. The Morgan fingerprint density at radius 1 is 1.04 bits per heavy atom. The Balaban J connectivity index is 1.63. The van der Waals surface area contributed by atoms with Gasteiger partial charge in [-0.15, -0.1) is 0 Å².